The molecule has 0 aromatic heterocycles. The molecule has 0 aliphatic heterocycles. The largest absolute Gasteiger partial charge is 0.310 e. The van der Waals surface area contributed by atoms with Gasteiger partial charge in [-0.1, -0.05) is 48.3 Å². The van der Waals surface area contributed by atoms with E-state index in [4.69, 9.17) is 23.2 Å². The second-order valence-electron chi connectivity index (χ2n) is 4.61. The van der Waals surface area contributed by atoms with E-state index in [-0.39, 0.29) is 16.9 Å². The van der Waals surface area contributed by atoms with Gasteiger partial charge in [0.05, 0.1) is 5.02 Å². The summed E-state index contributed by atoms with van der Waals surface area (Å²) >= 11 is 11.6. The first-order valence-electron chi connectivity index (χ1n) is 6.53. The van der Waals surface area contributed by atoms with Gasteiger partial charge in [0, 0.05) is 11.1 Å². The lowest BCUT2D eigenvalue weighted by atomic mass is 9.99. The molecule has 106 valence electrons. The standard InChI is InChI=1S/C16H16Cl2FN/c1-2-20-16(12-4-6-13(17)7-5-12)10-11-3-8-14(18)15(19)9-11/h3-9,16,20H,2,10H2,1H3. The highest BCUT2D eigenvalue weighted by Crippen LogP contribution is 2.23. The maximum absolute atomic E-state index is 13.5. The van der Waals surface area contributed by atoms with E-state index in [1.165, 1.54) is 6.07 Å². The average molecular weight is 312 g/mol. The summed E-state index contributed by atoms with van der Waals surface area (Å²) in [4.78, 5) is 0. The predicted octanol–water partition coefficient (Wildman–Crippen LogP) is 5.03. The molecule has 2 aromatic carbocycles. The maximum Gasteiger partial charge on any atom is 0.142 e. The van der Waals surface area contributed by atoms with Gasteiger partial charge in [-0.3, -0.25) is 0 Å². The van der Waals surface area contributed by atoms with E-state index < -0.39 is 0 Å². The molecule has 1 atom stereocenters. The lowest BCUT2D eigenvalue weighted by Gasteiger charge is -2.19. The number of benzene rings is 2. The fourth-order valence-corrected chi connectivity index (χ4v) is 2.40. The van der Waals surface area contributed by atoms with E-state index in [2.05, 4.69) is 5.32 Å². The average Bonchev–Trinajstić information content (AvgIpc) is 2.43. The molecule has 2 rings (SSSR count). The van der Waals surface area contributed by atoms with Gasteiger partial charge in [-0.05, 0) is 48.4 Å². The second kappa shape index (κ2) is 7.07. The van der Waals surface area contributed by atoms with Crippen molar-refractivity contribution < 1.29 is 4.39 Å². The van der Waals surface area contributed by atoms with Crippen LogP contribution in [0.1, 0.15) is 24.1 Å². The third-order valence-electron chi connectivity index (χ3n) is 3.15. The molecule has 20 heavy (non-hydrogen) atoms. The number of halogens is 3. The molecule has 0 heterocycles. The number of hydrogen-bond donors (Lipinski definition) is 1. The fraction of sp³-hybridized carbons (Fsp3) is 0.250. The smallest absolute Gasteiger partial charge is 0.142 e. The molecule has 2 aromatic rings. The van der Waals surface area contributed by atoms with Crippen LogP contribution in [0.4, 0.5) is 4.39 Å². The van der Waals surface area contributed by atoms with Crippen molar-refractivity contribution in [2.45, 2.75) is 19.4 Å². The molecule has 0 saturated heterocycles. The maximum atomic E-state index is 13.5. The normalized spacial score (nSPS) is 12.4. The van der Waals surface area contributed by atoms with Gasteiger partial charge in [0.25, 0.3) is 0 Å². The molecule has 0 bridgehead atoms. The zero-order valence-corrected chi connectivity index (χ0v) is 12.7. The van der Waals surface area contributed by atoms with E-state index in [1.807, 2.05) is 37.3 Å². The molecule has 0 amide bonds. The summed E-state index contributed by atoms with van der Waals surface area (Å²) in [6.07, 6.45) is 0.698. The van der Waals surface area contributed by atoms with Crippen LogP contribution < -0.4 is 5.32 Å². The van der Waals surface area contributed by atoms with Crippen LogP contribution in [0.5, 0.6) is 0 Å². The number of nitrogens with one attached hydrogen (secondary N) is 1. The Morgan fingerprint density at radius 1 is 1.10 bits per heavy atom. The van der Waals surface area contributed by atoms with Gasteiger partial charge < -0.3 is 5.32 Å². The Balaban J connectivity index is 2.20. The van der Waals surface area contributed by atoms with Gasteiger partial charge in [0.1, 0.15) is 5.82 Å². The predicted molar refractivity (Wildman–Crippen MR) is 83.0 cm³/mol. The second-order valence-corrected chi connectivity index (χ2v) is 5.46. The van der Waals surface area contributed by atoms with Crippen molar-refractivity contribution in [3.05, 3.63) is 69.5 Å². The zero-order valence-electron chi connectivity index (χ0n) is 11.2. The first-order chi connectivity index (χ1) is 9.60. The minimum Gasteiger partial charge on any atom is -0.310 e. The highest BCUT2D eigenvalue weighted by Gasteiger charge is 2.12. The summed E-state index contributed by atoms with van der Waals surface area (Å²) in [7, 11) is 0. The summed E-state index contributed by atoms with van der Waals surface area (Å²) in [5, 5.41) is 4.27. The van der Waals surface area contributed by atoms with Crippen LogP contribution in [-0.2, 0) is 6.42 Å². The quantitative estimate of drug-likeness (QED) is 0.817. The van der Waals surface area contributed by atoms with Crippen molar-refractivity contribution in [2.24, 2.45) is 0 Å². The first-order valence-corrected chi connectivity index (χ1v) is 7.28. The molecule has 1 unspecified atom stereocenters. The lowest BCUT2D eigenvalue weighted by Crippen LogP contribution is -2.22. The molecule has 0 saturated carbocycles. The first kappa shape index (κ1) is 15.3. The van der Waals surface area contributed by atoms with Crippen LogP contribution in [0.25, 0.3) is 0 Å². The van der Waals surface area contributed by atoms with E-state index >= 15 is 0 Å². The van der Waals surface area contributed by atoms with Crippen LogP contribution in [0.15, 0.2) is 42.5 Å². The number of hydrogen-bond acceptors (Lipinski definition) is 1. The minimum atomic E-state index is -0.379. The van der Waals surface area contributed by atoms with Crippen molar-refractivity contribution in [1.29, 1.82) is 0 Å². The highest BCUT2D eigenvalue weighted by atomic mass is 35.5. The zero-order chi connectivity index (χ0) is 14.5. The van der Waals surface area contributed by atoms with Crippen molar-refractivity contribution in [1.82, 2.24) is 5.32 Å². The molecule has 0 radical (unpaired) electrons. The van der Waals surface area contributed by atoms with E-state index in [0.29, 0.717) is 11.4 Å². The fourth-order valence-electron chi connectivity index (χ4n) is 2.15. The molecule has 0 spiro atoms. The Kier molecular flexibility index (Phi) is 5.41. The summed E-state index contributed by atoms with van der Waals surface area (Å²) in [5.41, 5.74) is 2.04. The van der Waals surface area contributed by atoms with Crippen LogP contribution in [0.2, 0.25) is 10.0 Å². The van der Waals surface area contributed by atoms with Crippen LogP contribution in [0.3, 0.4) is 0 Å². The Hall–Kier alpha value is -1.09. The van der Waals surface area contributed by atoms with E-state index in [0.717, 1.165) is 17.7 Å². The summed E-state index contributed by atoms with van der Waals surface area (Å²) in [6, 6.07) is 12.8. The van der Waals surface area contributed by atoms with Crippen LogP contribution in [-0.4, -0.2) is 6.54 Å². The van der Waals surface area contributed by atoms with Gasteiger partial charge >= 0.3 is 0 Å². The summed E-state index contributed by atoms with van der Waals surface area (Å²) in [5.74, 6) is -0.379. The van der Waals surface area contributed by atoms with Crippen molar-refractivity contribution in [3.8, 4) is 0 Å². The highest BCUT2D eigenvalue weighted by molar-refractivity contribution is 6.30. The molecular formula is C16H16Cl2FN. The monoisotopic (exact) mass is 311 g/mol. The van der Waals surface area contributed by atoms with Crippen molar-refractivity contribution in [3.63, 3.8) is 0 Å². The van der Waals surface area contributed by atoms with Gasteiger partial charge in [-0.2, -0.15) is 0 Å². The van der Waals surface area contributed by atoms with Crippen LogP contribution >= 0.6 is 23.2 Å². The van der Waals surface area contributed by atoms with Crippen molar-refractivity contribution >= 4 is 23.2 Å². The molecule has 0 fully saturated rings. The summed E-state index contributed by atoms with van der Waals surface area (Å²) in [6.45, 7) is 2.88. The van der Waals surface area contributed by atoms with E-state index in [9.17, 15) is 4.39 Å². The van der Waals surface area contributed by atoms with Crippen molar-refractivity contribution in [2.75, 3.05) is 6.54 Å². The SMILES string of the molecule is CCNC(Cc1ccc(Cl)c(F)c1)c1ccc(Cl)cc1. The molecule has 4 heteroatoms. The molecule has 1 nitrogen and oxygen atoms in total. The molecule has 0 aliphatic rings. The lowest BCUT2D eigenvalue weighted by molar-refractivity contribution is 0.547. The molecular weight excluding hydrogens is 296 g/mol. The van der Waals surface area contributed by atoms with E-state index in [1.54, 1.807) is 6.07 Å². The van der Waals surface area contributed by atoms with Gasteiger partial charge in [0.2, 0.25) is 0 Å². The third-order valence-corrected chi connectivity index (χ3v) is 3.71. The number of likely N-dealkylation sites (N-methyl/N-ethyl adjacent to an activating group) is 1. The molecule has 0 aliphatic carbocycles. The van der Waals surface area contributed by atoms with Gasteiger partial charge in [-0.15, -0.1) is 0 Å². The topological polar surface area (TPSA) is 12.0 Å². The van der Waals surface area contributed by atoms with Crippen LogP contribution in [0, 0.1) is 5.82 Å². The number of rotatable bonds is 5. The van der Waals surface area contributed by atoms with Gasteiger partial charge in [0.15, 0.2) is 0 Å². The molecule has 1 N–H and O–H groups in total. The van der Waals surface area contributed by atoms with Gasteiger partial charge in [-0.25, -0.2) is 4.39 Å². The Labute approximate surface area is 128 Å². The Bertz CT molecular complexity index is 569. The Morgan fingerprint density at radius 3 is 2.40 bits per heavy atom. The Morgan fingerprint density at radius 2 is 1.80 bits per heavy atom. The minimum absolute atomic E-state index is 0.123. The third kappa shape index (κ3) is 3.95. The summed E-state index contributed by atoms with van der Waals surface area (Å²) < 4.78 is 13.5.